The van der Waals surface area contributed by atoms with Gasteiger partial charge in [-0.05, 0) is 30.0 Å². The van der Waals surface area contributed by atoms with Gasteiger partial charge in [-0.25, -0.2) is 0 Å². The van der Waals surface area contributed by atoms with E-state index in [-0.39, 0.29) is 17.9 Å². The van der Waals surface area contributed by atoms with Gasteiger partial charge in [0.1, 0.15) is 6.10 Å². The van der Waals surface area contributed by atoms with Gasteiger partial charge in [0.25, 0.3) is 5.91 Å². The largest absolute Gasteiger partial charge is 0.368 e. The molecule has 1 saturated heterocycles. The smallest absolute Gasteiger partial charge is 0.253 e. The molecule has 92 valence electrons. The van der Waals surface area contributed by atoms with E-state index < -0.39 is 0 Å². The molecule has 0 aromatic heterocycles. The average Bonchev–Trinajstić information content (AvgIpc) is 2.76. The van der Waals surface area contributed by atoms with E-state index >= 15 is 0 Å². The van der Waals surface area contributed by atoms with E-state index in [9.17, 15) is 4.79 Å². The Hall–Kier alpha value is -1.06. The molecule has 4 heteroatoms. The number of benzene rings is 1. The molecule has 1 aromatic rings. The van der Waals surface area contributed by atoms with Gasteiger partial charge in [0, 0.05) is 18.2 Å². The summed E-state index contributed by atoms with van der Waals surface area (Å²) >= 11 is 5.70. The summed E-state index contributed by atoms with van der Waals surface area (Å²) in [6.45, 7) is 2.71. The van der Waals surface area contributed by atoms with Crippen LogP contribution in [0.15, 0.2) is 24.3 Å². The molecule has 0 radical (unpaired) electrons. The van der Waals surface area contributed by atoms with Crippen LogP contribution in [-0.2, 0) is 15.4 Å². The fraction of sp³-hybridized carbons (Fsp3) is 0.462. The zero-order chi connectivity index (χ0) is 12.3. The van der Waals surface area contributed by atoms with Crippen LogP contribution in [0, 0.1) is 5.92 Å². The fourth-order valence-corrected chi connectivity index (χ4v) is 2.10. The summed E-state index contributed by atoms with van der Waals surface area (Å²) in [6, 6.07) is 7.52. The summed E-state index contributed by atoms with van der Waals surface area (Å²) in [6.07, 6.45) is 0.631. The molecule has 17 heavy (non-hydrogen) atoms. The molecule has 2 unspecified atom stereocenters. The number of carbonyl (C=O) groups excluding carboxylic acids is 1. The highest BCUT2D eigenvalue weighted by Gasteiger charge is 2.30. The maximum atomic E-state index is 11.9. The molecule has 3 nitrogen and oxygen atoms in total. The van der Waals surface area contributed by atoms with E-state index in [1.165, 1.54) is 0 Å². The van der Waals surface area contributed by atoms with Crippen molar-refractivity contribution in [1.82, 2.24) is 0 Å². The lowest BCUT2D eigenvalue weighted by molar-refractivity contribution is -0.126. The minimum Gasteiger partial charge on any atom is -0.368 e. The number of alkyl halides is 1. The van der Waals surface area contributed by atoms with Gasteiger partial charge >= 0.3 is 0 Å². The average molecular weight is 254 g/mol. The molecule has 0 aliphatic carbocycles. The summed E-state index contributed by atoms with van der Waals surface area (Å²) in [7, 11) is 0. The van der Waals surface area contributed by atoms with Crippen LogP contribution in [0.25, 0.3) is 0 Å². The van der Waals surface area contributed by atoms with Gasteiger partial charge in [-0.2, -0.15) is 0 Å². The zero-order valence-corrected chi connectivity index (χ0v) is 10.5. The third-order valence-corrected chi connectivity index (χ3v) is 3.33. The van der Waals surface area contributed by atoms with Crippen molar-refractivity contribution < 1.29 is 9.53 Å². The number of hydrogen-bond acceptors (Lipinski definition) is 2. The number of anilines is 1. The maximum Gasteiger partial charge on any atom is 0.253 e. The van der Waals surface area contributed by atoms with Crippen molar-refractivity contribution in [3.8, 4) is 0 Å². The molecule has 2 atom stereocenters. The number of carbonyl (C=O) groups is 1. The van der Waals surface area contributed by atoms with Gasteiger partial charge in [-0.1, -0.05) is 19.1 Å². The summed E-state index contributed by atoms with van der Waals surface area (Å²) in [5, 5.41) is 2.86. The summed E-state index contributed by atoms with van der Waals surface area (Å²) in [5.74, 6) is 0.711. The van der Waals surface area contributed by atoms with Gasteiger partial charge in [0.2, 0.25) is 0 Å². The lowest BCUT2D eigenvalue weighted by Gasteiger charge is -2.14. The highest BCUT2D eigenvalue weighted by atomic mass is 35.5. The predicted molar refractivity (Wildman–Crippen MR) is 68.1 cm³/mol. The highest BCUT2D eigenvalue weighted by molar-refractivity contribution is 6.17. The Morgan fingerprint density at radius 2 is 2.18 bits per heavy atom. The van der Waals surface area contributed by atoms with Gasteiger partial charge in [0.15, 0.2) is 0 Å². The third-order valence-electron chi connectivity index (χ3n) is 3.02. The third kappa shape index (κ3) is 2.99. The molecule has 1 aliphatic rings. The van der Waals surface area contributed by atoms with E-state index in [0.29, 0.717) is 12.5 Å². The van der Waals surface area contributed by atoms with Crippen molar-refractivity contribution in [2.45, 2.75) is 25.3 Å². The predicted octanol–water partition coefficient (Wildman–Crippen LogP) is 2.79. The van der Waals surface area contributed by atoms with E-state index in [2.05, 4.69) is 5.32 Å². The molecule has 2 rings (SSSR count). The van der Waals surface area contributed by atoms with Crippen LogP contribution in [0.1, 0.15) is 18.9 Å². The van der Waals surface area contributed by atoms with Crippen molar-refractivity contribution in [2.75, 3.05) is 11.9 Å². The van der Waals surface area contributed by atoms with Crippen LogP contribution in [0.5, 0.6) is 0 Å². The number of hydrogen-bond donors (Lipinski definition) is 1. The first-order valence-corrected chi connectivity index (χ1v) is 6.31. The quantitative estimate of drug-likeness (QED) is 0.842. The van der Waals surface area contributed by atoms with Crippen molar-refractivity contribution in [2.24, 2.45) is 5.92 Å². The second kappa shape index (κ2) is 5.52. The first-order chi connectivity index (χ1) is 8.20. The van der Waals surface area contributed by atoms with Crippen LogP contribution in [-0.4, -0.2) is 18.6 Å². The second-order valence-electron chi connectivity index (χ2n) is 4.38. The van der Waals surface area contributed by atoms with Gasteiger partial charge in [-0.15, -0.1) is 11.6 Å². The molecule has 1 aromatic carbocycles. The molecular weight excluding hydrogens is 238 g/mol. The number of nitrogens with one attached hydrogen (secondary N) is 1. The van der Waals surface area contributed by atoms with Crippen LogP contribution >= 0.6 is 11.6 Å². The molecule has 1 fully saturated rings. The monoisotopic (exact) mass is 253 g/mol. The first kappa shape index (κ1) is 12.4. The topological polar surface area (TPSA) is 38.3 Å². The van der Waals surface area contributed by atoms with Gasteiger partial charge in [-0.3, -0.25) is 4.79 Å². The molecule has 1 N–H and O–H groups in total. The Morgan fingerprint density at radius 1 is 1.47 bits per heavy atom. The zero-order valence-electron chi connectivity index (χ0n) is 9.78. The standard InChI is InChI=1S/C13H16ClNO2/c1-9-6-7-17-12(9)13(16)15-11-4-2-10(8-14)3-5-11/h2-5,9,12H,6-8H2,1H3,(H,15,16). The minimum atomic E-state index is -0.317. The molecule has 0 bridgehead atoms. The Labute approximate surface area is 106 Å². The summed E-state index contributed by atoms with van der Waals surface area (Å²) in [5.41, 5.74) is 1.82. The lowest BCUT2D eigenvalue weighted by Crippen LogP contribution is -2.31. The highest BCUT2D eigenvalue weighted by Crippen LogP contribution is 2.21. The molecule has 1 amide bonds. The van der Waals surface area contributed by atoms with E-state index in [0.717, 1.165) is 17.7 Å². The van der Waals surface area contributed by atoms with Crippen molar-refractivity contribution >= 4 is 23.2 Å². The normalized spacial score (nSPS) is 23.6. The summed E-state index contributed by atoms with van der Waals surface area (Å²) in [4.78, 5) is 11.9. The maximum absolute atomic E-state index is 11.9. The summed E-state index contributed by atoms with van der Waals surface area (Å²) < 4.78 is 5.41. The Bertz CT molecular complexity index is 391. The van der Waals surface area contributed by atoms with E-state index in [4.69, 9.17) is 16.3 Å². The number of ether oxygens (including phenoxy) is 1. The van der Waals surface area contributed by atoms with Crippen molar-refractivity contribution in [3.63, 3.8) is 0 Å². The van der Waals surface area contributed by atoms with Crippen molar-refractivity contribution in [1.29, 1.82) is 0 Å². The number of rotatable bonds is 3. The van der Waals surface area contributed by atoms with Crippen molar-refractivity contribution in [3.05, 3.63) is 29.8 Å². The SMILES string of the molecule is CC1CCOC1C(=O)Nc1ccc(CCl)cc1. The van der Waals surface area contributed by atoms with Crippen LogP contribution in [0.2, 0.25) is 0 Å². The number of halogens is 1. The minimum absolute atomic E-state index is 0.0615. The Morgan fingerprint density at radius 3 is 2.71 bits per heavy atom. The van der Waals surface area contributed by atoms with Crippen LogP contribution < -0.4 is 5.32 Å². The van der Waals surface area contributed by atoms with Gasteiger partial charge in [0.05, 0.1) is 0 Å². The molecule has 1 aliphatic heterocycles. The molecule has 0 spiro atoms. The van der Waals surface area contributed by atoms with E-state index in [1.807, 2.05) is 31.2 Å². The lowest BCUT2D eigenvalue weighted by atomic mass is 10.0. The molecular formula is C13H16ClNO2. The molecule has 1 heterocycles. The number of amides is 1. The van der Waals surface area contributed by atoms with Gasteiger partial charge < -0.3 is 10.1 Å². The van der Waals surface area contributed by atoms with E-state index in [1.54, 1.807) is 0 Å². The molecule has 0 saturated carbocycles. The Balaban J connectivity index is 1.97. The Kier molecular flexibility index (Phi) is 4.02. The second-order valence-corrected chi connectivity index (χ2v) is 4.64. The fourth-order valence-electron chi connectivity index (χ4n) is 1.92. The first-order valence-electron chi connectivity index (χ1n) is 5.78. The van der Waals surface area contributed by atoms with Crippen LogP contribution in [0.4, 0.5) is 5.69 Å². The van der Waals surface area contributed by atoms with Crippen LogP contribution in [0.3, 0.4) is 0 Å².